The fraction of sp³-hybridized carbons (Fsp3) is 0.154. The summed E-state index contributed by atoms with van der Waals surface area (Å²) in [6.45, 7) is 3.87. The number of aryl methyl sites for hydroxylation is 2. The lowest BCUT2D eigenvalue weighted by molar-refractivity contribution is -0.132. The van der Waals surface area contributed by atoms with Crippen LogP contribution < -0.4 is 9.64 Å². The Morgan fingerprint density at radius 2 is 1.58 bits per heavy atom. The SMILES string of the molecule is COc1ccccc1/C(O)=C1\C(=O)C(=O)N(c2cccc(C)c2)C1c1cccc(C)c1. The Hall–Kier alpha value is -3.86. The Balaban J connectivity index is 1.99. The highest BCUT2D eigenvalue weighted by Crippen LogP contribution is 2.43. The molecule has 156 valence electrons. The minimum absolute atomic E-state index is 0.0432. The number of benzene rings is 3. The van der Waals surface area contributed by atoms with E-state index in [-0.39, 0.29) is 11.3 Å². The highest BCUT2D eigenvalue weighted by atomic mass is 16.5. The van der Waals surface area contributed by atoms with E-state index in [4.69, 9.17) is 4.74 Å². The average molecular weight is 413 g/mol. The Kier molecular flexibility index (Phi) is 5.34. The van der Waals surface area contributed by atoms with Gasteiger partial charge in [-0.2, -0.15) is 0 Å². The van der Waals surface area contributed by atoms with Crippen molar-refractivity contribution in [3.63, 3.8) is 0 Å². The molecule has 0 spiro atoms. The van der Waals surface area contributed by atoms with Crippen LogP contribution in [0.4, 0.5) is 5.69 Å². The molecule has 1 saturated heterocycles. The van der Waals surface area contributed by atoms with Crippen molar-refractivity contribution in [2.24, 2.45) is 0 Å². The number of aliphatic hydroxyl groups excluding tert-OH is 1. The molecule has 1 heterocycles. The molecule has 1 unspecified atom stereocenters. The molecule has 3 aromatic rings. The van der Waals surface area contributed by atoms with Crippen LogP contribution in [0.1, 0.15) is 28.3 Å². The van der Waals surface area contributed by atoms with E-state index >= 15 is 0 Å². The van der Waals surface area contributed by atoms with Crippen LogP contribution in [0.3, 0.4) is 0 Å². The normalized spacial score (nSPS) is 17.8. The number of carbonyl (C=O) groups excluding carboxylic acids is 2. The highest BCUT2D eigenvalue weighted by molar-refractivity contribution is 6.51. The maximum Gasteiger partial charge on any atom is 0.300 e. The van der Waals surface area contributed by atoms with Gasteiger partial charge < -0.3 is 9.84 Å². The average Bonchev–Trinajstić information content (AvgIpc) is 3.04. The van der Waals surface area contributed by atoms with Crippen molar-refractivity contribution < 1.29 is 19.4 Å². The highest BCUT2D eigenvalue weighted by Gasteiger charge is 2.47. The van der Waals surface area contributed by atoms with Gasteiger partial charge in [-0.3, -0.25) is 14.5 Å². The maximum atomic E-state index is 13.2. The predicted molar refractivity (Wildman–Crippen MR) is 120 cm³/mol. The lowest BCUT2D eigenvalue weighted by Crippen LogP contribution is -2.29. The Bertz CT molecular complexity index is 1210. The molecule has 1 atom stereocenters. The molecule has 1 amide bonds. The number of ketones is 1. The van der Waals surface area contributed by atoms with Crippen molar-refractivity contribution in [1.82, 2.24) is 0 Å². The zero-order valence-electron chi connectivity index (χ0n) is 17.6. The Morgan fingerprint density at radius 1 is 0.903 bits per heavy atom. The third-order valence-corrected chi connectivity index (χ3v) is 5.44. The zero-order valence-corrected chi connectivity index (χ0v) is 17.6. The summed E-state index contributed by atoms with van der Waals surface area (Å²) in [6.07, 6.45) is 0. The van der Waals surface area contributed by atoms with Crippen molar-refractivity contribution in [1.29, 1.82) is 0 Å². The van der Waals surface area contributed by atoms with E-state index < -0.39 is 17.7 Å². The molecular weight excluding hydrogens is 390 g/mol. The smallest absolute Gasteiger partial charge is 0.300 e. The number of para-hydroxylation sites is 1. The van der Waals surface area contributed by atoms with Gasteiger partial charge in [0.2, 0.25) is 0 Å². The number of rotatable bonds is 4. The van der Waals surface area contributed by atoms with Crippen LogP contribution in [0.25, 0.3) is 5.76 Å². The molecule has 1 fully saturated rings. The topological polar surface area (TPSA) is 66.8 Å². The first-order valence-corrected chi connectivity index (χ1v) is 10.00. The number of aliphatic hydroxyl groups is 1. The second kappa shape index (κ2) is 8.11. The summed E-state index contributed by atoms with van der Waals surface area (Å²) in [4.78, 5) is 27.9. The summed E-state index contributed by atoms with van der Waals surface area (Å²) in [5, 5.41) is 11.2. The fourth-order valence-corrected chi connectivity index (χ4v) is 4.02. The minimum atomic E-state index is -0.758. The molecule has 1 aliphatic heterocycles. The zero-order chi connectivity index (χ0) is 22.1. The van der Waals surface area contributed by atoms with E-state index in [0.717, 1.165) is 16.7 Å². The first kappa shape index (κ1) is 20.4. The van der Waals surface area contributed by atoms with Crippen LogP contribution in [0.5, 0.6) is 5.75 Å². The first-order chi connectivity index (χ1) is 14.9. The molecule has 4 rings (SSSR count). The first-order valence-electron chi connectivity index (χ1n) is 10.00. The van der Waals surface area contributed by atoms with E-state index in [1.807, 2.05) is 56.3 Å². The van der Waals surface area contributed by atoms with Gasteiger partial charge in [0.25, 0.3) is 11.7 Å². The van der Waals surface area contributed by atoms with Gasteiger partial charge in [-0.25, -0.2) is 0 Å². The molecule has 0 bridgehead atoms. The monoisotopic (exact) mass is 413 g/mol. The molecule has 1 N–H and O–H groups in total. The number of Topliss-reactive ketones (excluding diaryl/α,β-unsaturated/α-hetero) is 1. The van der Waals surface area contributed by atoms with Crippen LogP contribution in [0.15, 0.2) is 78.4 Å². The second-order valence-corrected chi connectivity index (χ2v) is 7.62. The molecule has 0 aromatic heterocycles. The van der Waals surface area contributed by atoms with Gasteiger partial charge in [0.05, 0.1) is 24.3 Å². The van der Waals surface area contributed by atoms with Gasteiger partial charge in [0, 0.05) is 5.69 Å². The summed E-state index contributed by atoms with van der Waals surface area (Å²) in [5.41, 5.74) is 3.72. The quantitative estimate of drug-likeness (QED) is 0.374. The molecule has 0 radical (unpaired) electrons. The predicted octanol–water partition coefficient (Wildman–Crippen LogP) is 4.94. The summed E-state index contributed by atoms with van der Waals surface area (Å²) in [5.74, 6) is -1.23. The number of ether oxygens (including phenoxy) is 1. The number of hydrogen-bond donors (Lipinski definition) is 1. The minimum Gasteiger partial charge on any atom is -0.507 e. The van der Waals surface area contributed by atoms with Crippen molar-refractivity contribution in [3.05, 3.63) is 101 Å². The molecule has 3 aromatic carbocycles. The van der Waals surface area contributed by atoms with Crippen LogP contribution in [0.2, 0.25) is 0 Å². The largest absolute Gasteiger partial charge is 0.507 e. The van der Waals surface area contributed by atoms with E-state index in [9.17, 15) is 14.7 Å². The number of carbonyl (C=O) groups is 2. The van der Waals surface area contributed by atoms with Gasteiger partial charge in [-0.05, 0) is 49.2 Å². The van der Waals surface area contributed by atoms with Crippen LogP contribution in [-0.2, 0) is 9.59 Å². The van der Waals surface area contributed by atoms with Crippen LogP contribution >= 0.6 is 0 Å². The standard InChI is InChI=1S/C26H23NO4/c1-16-8-6-10-18(14-16)23-22(24(28)20-12-4-5-13-21(20)31-3)25(29)26(30)27(23)19-11-7-9-17(2)15-19/h4-15,23,28H,1-3H3/b24-22+. The molecule has 1 aliphatic rings. The van der Waals surface area contributed by atoms with Crippen molar-refractivity contribution in [3.8, 4) is 5.75 Å². The van der Waals surface area contributed by atoms with Crippen molar-refractivity contribution >= 4 is 23.1 Å². The van der Waals surface area contributed by atoms with Gasteiger partial charge in [-0.15, -0.1) is 0 Å². The summed E-state index contributed by atoms with van der Waals surface area (Å²) < 4.78 is 5.37. The van der Waals surface area contributed by atoms with E-state index in [0.29, 0.717) is 17.0 Å². The third-order valence-electron chi connectivity index (χ3n) is 5.44. The molecule has 5 heteroatoms. The molecule has 0 saturated carbocycles. The number of nitrogens with zero attached hydrogens (tertiary/aromatic N) is 1. The second-order valence-electron chi connectivity index (χ2n) is 7.62. The Morgan fingerprint density at radius 3 is 2.26 bits per heavy atom. The van der Waals surface area contributed by atoms with Crippen LogP contribution in [-0.4, -0.2) is 23.9 Å². The summed E-state index contributed by atoms with van der Waals surface area (Å²) in [7, 11) is 1.50. The fourth-order valence-electron chi connectivity index (χ4n) is 4.02. The lowest BCUT2D eigenvalue weighted by atomic mass is 9.94. The Labute approximate surface area is 181 Å². The van der Waals surface area contributed by atoms with E-state index in [1.54, 1.807) is 30.3 Å². The number of hydrogen-bond acceptors (Lipinski definition) is 4. The molecular formula is C26H23NO4. The van der Waals surface area contributed by atoms with E-state index in [2.05, 4.69) is 0 Å². The van der Waals surface area contributed by atoms with Gasteiger partial charge >= 0.3 is 0 Å². The van der Waals surface area contributed by atoms with Gasteiger partial charge in [-0.1, -0.05) is 54.1 Å². The maximum absolute atomic E-state index is 13.2. The third kappa shape index (κ3) is 3.59. The molecule has 0 aliphatic carbocycles. The molecule has 31 heavy (non-hydrogen) atoms. The summed E-state index contributed by atoms with van der Waals surface area (Å²) >= 11 is 0. The van der Waals surface area contributed by atoms with Gasteiger partial charge in [0.15, 0.2) is 0 Å². The van der Waals surface area contributed by atoms with Crippen molar-refractivity contribution in [2.75, 3.05) is 12.0 Å². The number of methoxy groups -OCH3 is 1. The number of anilines is 1. The van der Waals surface area contributed by atoms with Crippen molar-refractivity contribution in [2.45, 2.75) is 19.9 Å². The summed E-state index contributed by atoms with van der Waals surface area (Å²) in [6, 6.07) is 21.2. The van der Waals surface area contributed by atoms with E-state index in [1.165, 1.54) is 12.0 Å². The van der Waals surface area contributed by atoms with Gasteiger partial charge in [0.1, 0.15) is 11.5 Å². The number of amides is 1. The lowest BCUT2D eigenvalue weighted by Gasteiger charge is -2.26. The molecule has 5 nitrogen and oxygen atoms in total. The van der Waals surface area contributed by atoms with Crippen LogP contribution in [0, 0.1) is 13.8 Å².